The highest BCUT2D eigenvalue weighted by molar-refractivity contribution is 6.74. The minimum Gasteiger partial charge on any atom is -0.497 e. The van der Waals surface area contributed by atoms with Gasteiger partial charge in [0.2, 0.25) is 0 Å². The van der Waals surface area contributed by atoms with Crippen LogP contribution in [0.15, 0.2) is 40.1 Å². The van der Waals surface area contributed by atoms with Gasteiger partial charge in [-0.2, -0.15) is 17.7 Å². The minimum atomic E-state index is -5.15. The number of hydrogen-bond acceptors (Lipinski definition) is 7. The third-order valence-corrected chi connectivity index (χ3v) is 12.0. The first-order valence-electron chi connectivity index (χ1n) is 13.5. The average Bonchev–Trinajstić information content (AvgIpc) is 3.31. The molecule has 0 aliphatic carbocycles. The van der Waals surface area contributed by atoms with Crippen LogP contribution < -0.4 is 16.0 Å². The van der Waals surface area contributed by atoms with E-state index >= 15 is 0 Å². The van der Waals surface area contributed by atoms with E-state index in [2.05, 4.69) is 32.6 Å². The van der Waals surface area contributed by atoms with Gasteiger partial charge in [0.25, 0.3) is 11.5 Å². The third-order valence-electron chi connectivity index (χ3n) is 7.54. The molecule has 13 heteroatoms. The van der Waals surface area contributed by atoms with Gasteiger partial charge < -0.3 is 18.6 Å². The molecule has 0 unspecified atom stereocenters. The summed E-state index contributed by atoms with van der Waals surface area (Å²) in [6, 6.07) is 5.28. The van der Waals surface area contributed by atoms with Crippen LogP contribution in [-0.4, -0.2) is 55.9 Å². The van der Waals surface area contributed by atoms with Crippen molar-refractivity contribution in [3.8, 4) is 17.6 Å². The first-order chi connectivity index (χ1) is 19.5. The number of aromatic nitrogens is 2. The van der Waals surface area contributed by atoms with Gasteiger partial charge in [0.05, 0.1) is 19.8 Å². The zero-order valence-electron chi connectivity index (χ0n) is 24.8. The van der Waals surface area contributed by atoms with Crippen molar-refractivity contribution in [2.75, 3.05) is 20.3 Å². The summed E-state index contributed by atoms with van der Waals surface area (Å²) in [5.41, 5.74) is -4.90. The van der Waals surface area contributed by atoms with Gasteiger partial charge in [0, 0.05) is 24.6 Å². The fourth-order valence-corrected chi connectivity index (χ4v) is 5.06. The molecule has 2 aromatic rings. The van der Waals surface area contributed by atoms with E-state index in [1.54, 1.807) is 0 Å². The van der Waals surface area contributed by atoms with Crippen molar-refractivity contribution in [2.45, 2.75) is 83.3 Å². The van der Waals surface area contributed by atoms with Crippen molar-refractivity contribution in [3.63, 3.8) is 0 Å². The monoisotopic (exact) mass is 610 g/mol. The van der Waals surface area contributed by atoms with Crippen LogP contribution in [0.3, 0.4) is 0 Å². The number of rotatable bonds is 8. The predicted molar refractivity (Wildman–Crippen MR) is 152 cm³/mol. The number of alkyl halides is 3. The second-order valence-corrected chi connectivity index (χ2v) is 16.2. The Morgan fingerprint density at radius 2 is 1.76 bits per heavy atom. The number of carbonyl (C=O) groups excluding carboxylic acids is 1. The van der Waals surface area contributed by atoms with Gasteiger partial charge in [-0.05, 0) is 42.4 Å². The number of ether oxygens (including phenoxy) is 3. The molecule has 1 aliphatic rings. The van der Waals surface area contributed by atoms with Crippen LogP contribution in [0.25, 0.3) is 0 Å². The highest BCUT2D eigenvalue weighted by Gasteiger charge is 2.44. The molecular formula is C29H37F3N2O7Si. The minimum absolute atomic E-state index is 0.0178. The Hall–Kier alpha value is -3.18. The maximum atomic E-state index is 14.0. The van der Waals surface area contributed by atoms with E-state index in [4.69, 9.17) is 18.6 Å². The molecule has 2 heterocycles. The number of nitrogens with zero attached hydrogens (tertiary/aromatic N) is 2. The normalized spacial score (nSPS) is 19.3. The average molecular weight is 611 g/mol. The lowest BCUT2D eigenvalue weighted by Gasteiger charge is -2.37. The number of halogens is 3. The quantitative estimate of drug-likeness (QED) is 0.312. The smallest absolute Gasteiger partial charge is 0.423 e. The SMILES string of the molecule is CCC#CCO[C@H]1C[C@H](n2cc(C(F)(F)F)c(=O)n(C(=O)c3ccc(OC)cc3)c2=O)O[C@@H]1CO[Si](C)(C)C(C)(C)C. The Balaban J connectivity index is 2.05. The van der Waals surface area contributed by atoms with Crippen molar-refractivity contribution in [1.82, 2.24) is 9.13 Å². The van der Waals surface area contributed by atoms with E-state index in [0.29, 0.717) is 22.9 Å². The molecule has 1 saturated heterocycles. The molecule has 1 aliphatic heterocycles. The van der Waals surface area contributed by atoms with Crippen LogP contribution in [0.4, 0.5) is 13.2 Å². The molecule has 0 bridgehead atoms. The molecule has 42 heavy (non-hydrogen) atoms. The zero-order valence-corrected chi connectivity index (χ0v) is 25.8. The van der Waals surface area contributed by atoms with E-state index in [0.717, 1.165) is 0 Å². The molecule has 3 atom stereocenters. The van der Waals surface area contributed by atoms with Crippen LogP contribution in [0, 0.1) is 11.8 Å². The first kappa shape index (κ1) is 33.3. The molecule has 0 N–H and O–H groups in total. The second kappa shape index (κ2) is 13.0. The molecule has 1 fully saturated rings. The Kier molecular flexibility index (Phi) is 10.3. The van der Waals surface area contributed by atoms with Gasteiger partial charge in [-0.3, -0.25) is 14.2 Å². The number of benzene rings is 1. The number of carbonyl (C=O) groups is 1. The van der Waals surface area contributed by atoms with E-state index in [9.17, 15) is 27.6 Å². The van der Waals surface area contributed by atoms with Crippen molar-refractivity contribution in [3.05, 3.63) is 62.4 Å². The Labute approximate surface area is 243 Å². The summed E-state index contributed by atoms with van der Waals surface area (Å²) < 4.78 is 65.9. The van der Waals surface area contributed by atoms with Crippen LogP contribution in [0.5, 0.6) is 5.75 Å². The number of methoxy groups -OCH3 is 1. The maximum Gasteiger partial charge on any atom is 0.423 e. The molecule has 0 spiro atoms. The molecule has 0 amide bonds. The third kappa shape index (κ3) is 7.41. The molecule has 0 radical (unpaired) electrons. The van der Waals surface area contributed by atoms with Gasteiger partial charge in [-0.15, -0.1) is 5.92 Å². The van der Waals surface area contributed by atoms with E-state index in [1.807, 2.05) is 20.0 Å². The summed E-state index contributed by atoms with van der Waals surface area (Å²) >= 11 is 0. The zero-order chi connectivity index (χ0) is 31.5. The summed E-state index contributed by atoms with van der Waals surface area (Å²) in [5, 5.41) is -0.121. The summed E-state index contributed by atoms with van der Waals surface area (Å²) in [6.45, 7) is 12.3. The topological polar surface area (TPSA) is 98.0 Å². The summed E-state index contributed by atoms with van der Waals surface area (Å²) in [6.07, 6.45) is -6.86. The van der Waals surface area contributed by atoms with E-state index in [1.165, 1.54) is 31.4 Å². The fourth-order valence-electron chi connectivity index (χ4n) is 4.04. The fraction of sp³-hybridized carbons (Fsp3) is 0.552. The summed E-state index contributed by atoms with van der Waals surface area (Å²) in [5.74, 6) is 4.90. The highest BCUT2D eigenvalue weighted by atomic mass is 28.4. The second-order valence-electron chi connectivity index (χ2n) is 11.4. The molecule has 9 nitrogen and oxygen atoms in total. The molecule has 3 rings (SSSR count). The van der Waals surface area contributed by atoms with Gasteiger partial charge in [-0.25, -0.2) is 4.79 Å². The van der Waals surface area contributed by atoms with E-state index < -0.39 is 55.6 Å². The van der Waals surface area contributed by atoms with Gasteiger partial charge in [0.1, 0.15) is 30.3 Å². The van der Waals surface area contributed by atoms with Crippen LogP contribution >= 0.6 is 0 Å². The van der Waals surface area contributed by atoms with Crippen molar-refractivity contribution in [2.24, 2.45) is 0 Å². The molecule has 1 aromatic carbocycles. The van der Waals surface area contributed by atoms with Crippen LogP contribution in [0.1, 0.15) is 62.7 Å². The van der Waals surface area contributed by atoms with Gasteiger partial charge in [0.15, 0.2) is 8.32 Å². The molecular weight excluding hydrogens is 573 g/mol. The van der Waals surface area contributed by atoms with Crippen molar-refractivity contribution >= 4 is 14.2 Å². The predicted octanol–water partition coefficient (Wildman–Crippen LogP) is 4.83. The first-order valence-corrected chi connectivity index (χ1v) is 16.4. The highest BCUT2D eigenvalue weighted by Crippen LogP contribution is 2.38. The van der Waals surface area contributed by atoms with Crippen molar-refractivity contribution < 1.29 is 36.6 Å². The number of hydrogen-bond donors (Lipinski definition) is 0. The largest absolute Gasteiger partial charge is 0.497 e. The molecule has 230 valence electrons. The van der Waals surface area contributed by atoms with Crippen molar-refractivity contribution in [1.29, 1.82) is 0 Å². The lowest BCUT2D eigenvalue weighted by atomic mass is 10.2. The Morgan fingerprint density at radius 3 is 2.31 bits per heavy atom. The van der Waals surface area contributed by atoms with E-state index in [-0.39, 0.29) is 34.8 Å². The standard InChI is InChI=1S/C29H37F3N2O7Si/c1-8-9-10-15-39-22-16-24(41-23(22)18-40-42(6,7)28(2,3)4)33-17-21(29(30,31)32)26(36)34(27(33)37)25(35)19-11-13-20(38-5)14-12-19/h11-14,17,22-24H,8,15-16,18H2,1-7H3/t22-,23+,24+/m0/s1. The maximum absolute atomic E-state index is 14.0. The molecule has 1 aromatic heterocycles. The van der Waals surface area contributed by atoms with Crippen LogP contribution in [0.2, 0.25) is 18.1 Å². The summed E-state index contributed by atoms with van der Waals surface area (Å²) in [4.78, 5) is 39.6. The lowest BCUT2D eigenvalue weighted by Crippen LogP contribution is -2.47. The molecule has 0 saturated carbocycles. The van der Waals surface area contributed by atoms with Crippen LogP contribution in [-0.2, 0) is 20.1 Å². The Bertz CT molecular complexity index is 1450. The Morgan fingerprint density at radius 1 is 1.12 bits per heavy atom. The van der Waals surface area contributed by atoms with Gasteiger partial charge in [-0.1, -0.05) is 33.6 Å². The lowest BCUT2D eigenvalue weighted by molar-refractivity contribution is -0.139. The summed E-state index contributed by atoms with van der Waals surface area (Å²) in [7, 11) is -0.852. The van der Waals surface area contributed by atoms with Gasteiger partial charge >= 0.3 is 11.9 Å².